The fourth-order valence-electron chi connectivity index (χ4n) is 12.7. The molecular formula is C72H52Cl12P4Pt. The van der Waals surface area contributed by atoms with Gasteiger partial charge in [0.1, 0.15) is 0 Å². The predicted octanol–water partition coefficient (Wildman–Crippen LogP) is 20.5. The molecule has 0 saturated heterocycles. The fourth-order valence-corrected chi connectivity index (χ4v) is 236. The normalized spacial score (nSPS) is 13.9. The van der Waals surface area contributed by atoms with Gasteiger partial charge in [-0.05, 0) is 0 Å². The van der Waals surface area contributed by atoms with Crippen molar-refractivity contribution in [1.82, 2.24) is 0 Å². The zero-order chi connectivity index (χ0) is 62.3. The van der Waals surface area contributed by atoms with Crippen molar-refractivity contribution in [3.05, 3.63) is 351 Å². The van der Waals surface area contributed by atoms with Crippen LogP contribution in [0.25, 0.3) is 0 Å². The van der Waals surface area contributed by atoms with Gasteiger partial charge in [0.05, 0.1) is 0 Å². The molecule has 0 spiro atoms. The first-order chi connectivity index (χ1) is 43.0. The van der Waals surface area contributed by atoms with Crippen molar-refractivity contribution in [2.75, 3.05) is 0 Å². The summed E-state index contributed by atoms with van der Waals surface area (Å²) in [5.41, 5.74) is 0. The summed E-state index contributed by atoms with van der Waals surface area (Å²) in [7, 11) is 0. The summed E-state index contributed by atoms with van der Waals surface area (Å²) in [5.74, 6) is 0. The van der Waals surface area contributed by atoms with E-state index in [1.807, 2.05) is 0 Å². The Kier molecular flexibility index (Phi) is 20.2. The van der Waals surface area contributed by atoms with E-state index in [4.69, 9.17) is 139 Å². The summed E-state index contributed by atoms with van der Waals surface area (Å²) in [4.78, 5) is 0. The van der Waals surface area contributed by atoms with Crippen molar-refractivity contribution in [2.24, 2.45) is 0 Å². The molecule has 0 aliphatic rings. The Morgan fingerprint density at radius 1 is 0.124 bits per heavy atom. The van der Waals surface area contributed by atoms with Gasteiger partial charge in [0.15, 0.2) is 0 Å². The average molecular weight is 1660 g/mol. The predicted molar refractivity (Wildman–Crippen MR) is 406 cm³/mol. The molecule has 12 rings (SSSR count). The van der Waals surface area contributed by atoms with Gasteiger partial charge >= 0.3 is 590 Å². The number of rotatable bonds is 16. The van der Waals surface area contributed by atoms with Gasteiger partial charge in [0, 0.05) is 0 Å². The van der Waals surface area contributed by atoms with E-state index in [0.717, 1.165) is 63.7 Å². The molecule has 0 bridgehead atoms. The number of halogens is 12. The minimum absolute atomic E-state index is 0.561. The molecule has 0 heterocycles. The van der Waals surface area contributed by atoms with Gasteiger partial charge in [0.2, 0.25) is 0 Å². The first-order valence-corrected chi connectivity index (χ1v) is 53.2. The van der Waals surface area contributed by atoms with Gasteiger partial charge in [-0.2, -0.15) is 0 Å². The number of hydrogen-bond acceptors (Lipinski definition) is 0. The Labute approximate surface area is 583 Å². The summed E-state index contributed by atoms with van der Waals surface area (Å²) >= 11 is 82.6. The molecule has 0 radical (unpaired) electrons. The van der Waals surface area contributed by atoms with Crippen LogP contribution in [0.1, 0.15) is 0 Å². The maximum atomic E-state index is 7.38. The number of benzene rings is 12. The quantitative estimate of drug-likeness (QED) is 0.0846. The van der Waals surface area contributed by atoms with Crippen LogP contribution in [0.15, 0.2) is 291 Å². The van der Waals surface area contributed by atoms with Gasteiger partial charge in [-0.15, -0.1) is 0 Å². The summed E-state index contributed by atoms with van der Waals surface area (Å²) in [6.45, 7) is 0. The van der Waals surface area contributed by atoms with Crippen LogP contribution in [0, 0.1) is 0 Å². The standard InChI is InChI=1S/4C18H12Cl3P.Pt/c4*19-13-1-7-16(8-2-13)22(17-9-3-14(20)4-10-17)18-11-5-15(21)6-12-18;/h4*1-12H;/q;;;;-4/p+4. The second-order valence-corrected chi connectivity index (χ2v) is 93.0. The average Bonchev–Trinajstić information content (AvgIpc) is 0.622. The molecule has 0 unspecified atom stereocenters. The molecular weight excluding hydrogens is 1610 g/mol. The summed E-state index contributed by atoms with van der Waals surface area (Å²) in [6, 6.07) is 105. The Morgan fingerprint density at radius 3 is 0.258 bits per heavy atom. The molecule has 0 aliphatic carbocycles. The van der Waals surface area contributed by atoms with E-state index in [9.17, 15) is 0 Å². The molecule has 0 aromatic heterocycles. The zero-order valence-corrected chi connectivity index (χ0v) is 61.9. The van der Waals surface area contributed by atoms with E-state index in [1.54, 1.807) is 0 Å². The van der Waals surface area contributed by atoms with Crippen molar-refractivity contribution in [2.45, 2.75) is 0 Å². The SMILES string of the molecule is Clc1ccc([PH](c2ccc(Cl)cc2)(c2ccc(Cl)cc2)[Pt]([PH](c2ccc(Cl)cc2)(c2ccc(Cl)cc2)c2ccc(Cl)cc2)([PH](c2ccc(Cl)cc2)(c2ccc(Cl)cc2)c2ccc(Cl)cc2)[PH](c2ccc(Cl)cc2)(c2ccc(Cl)cc2)c2ccc(Cl)cc2)cc1. The van der Waals surface area contributed by atoms with Crippen LogP contribution in [0.2, 0.25) is 60.3 Å². The second kappa shape index (κ2) is 27.5. The van der Waals surface area contributed by atoms with E-state index >= 15 is 0 Å². The van der Waals surface area contributed by atoms with E-state index < -0.39 is 35.4 Å². The van der Waals surface area contributed by atoms with Crippen LogP contribution < -0.4 is 63.7 Å². The molecule has 17 heteroatoms. The van der Waals surface area contributed by atoms with Gasteiger partial charge in [-0.3, -0.25) is 0 Å². The van der Waals surface area contributed by atoms with Crippen molar-refractivity contribution in [1.29, 1.82) is 0 Å². The first kappa shape index (κ1) is 65.6. The maximum absolute atomic E-state index is 7.38. The molecule has 0 fully saturated rings. The van der Waals surface area contributed by atoms with Gasteiger partial charge in [-0.25, -0.2) is 0 Å². The summed E-state index contributed by atoms with van der Waals surface area (Å²) in [6.07, 6.45) is 0. The van der Waals surface area contributed by atoms with E-state index in [-0.39, 0.29) is 0 Å². The summed E-state index contributed by atoms with van der Waals surface area (Å²) < 4.78 is 0. The van der Waals surface area contributed by atoms with Crippen LogP contribution >= 0.6 is 161 Å². The Morgan fingerprint density at radius 2 is 0.191 bits per heavy atom. The van der Waals surface area contributed by atoms with E-state index in [2.05, 4.69) is 291 Å². The number of hydrogen-bond donors (Lipinski definition) is 0. The molecule has 0 atom stereocenters. The van der Waals surface area contributed by atoms with Crippen molar-refractivity contribution < 1.29 is 14.0 Å². The van der Waals surface area contributed by atoms with Crippen LogP contribution in [0.3, 0.4) is 0 Å². The fraction of sp³-hybridized carbons (Fsp3) is 0. The third-order valence-electron chi connectivity index (χ3n) is 16.1. The third-order valence-corrected chi connectivity index (χ3v) is 159. The van der Waals surface area contributed by atoms with E-state index in [0.29, 0.717) is 60.3 Å². The zero-order valence-electron chi connectivity index (χ0n) is 46.6. The Hall–Kier alpha value is -3.47. The van der Waals surface area contributed by atoms with Crippen molar-refractivity contribution in [3.63, 3.8) is 0 Å². The first-order valence-electron chi connectivity index (χ1n) is 27.8. The second-order valence-electron chi connectivity index (χ2n) is 21.0. The molecule has 12 aromatic rings. The molecule has 0 nitrogen and oxygen atoms in total. The molecule has 89 heavy (non-hydrogen) atoms. The molecule has 0 N–H and O–H groups in total. The van der Waals surface area contributed by atoms with Crippen LogP contribution in [0.5, 0.6) is 0 Å². The van der Waals surface area contributed by atoms with Gasteiger partial charge < -0.3 is 0 Å². The molecule has 0 amide bonds. The molecule has 12 aromatic carbocycles. The van der Waals surface area contributed by atoms with Crippen molar-refractivity contribution in [3.8, 4) is 0 Å². The topological polar surface area (TPSA) is 0 Å². The van der Waals surface area contributed by atoms with Crippen LogP contribution in [0.4, 0.5) is 0 Å². The van der Waals surface area contributed by atoms with Crippen LogP contribution in [-0.4, -0.2) is 0 Å². The van der Waals surface area contributed by atoms with Gasteiger partial charge in [0.25, 0.3) is 0 Å². The molecule has 454 valence electrons. The van der Waals surface area contributed by atoms with Gasteiger partial charge in [-0.1, -0.05) is 0 Å². The minimum atomic E-state index is -6.04. The molecule has 0 aliphatic heterocycles. The Bertz CT molecular complexity index is 3410. The molecule has 0 saturated carbocycles. The Balaban J connectivity index is 1.67. The van der Waals surface area contributed by atoms with E-state index in [1.165, 1.54) is 0 Å². The third kappa shape index (κ3) is 11.4. The summed E-state index contributed by atoms with van der Waals surface area (Å²) in [5, 5.41) is 1.52. The monoisotopic (exact) mass is 1650 g/mol. The van der Waals surface area contributed by atoms with Crippen molar-refractivity contribution >= 4 is 224 Å². The van der Waals surface area contributed by atoms with Crippen LogP contribution in [-0.2, 0) is 14.0 Å².